The van der Waals surface area contributed by atoms with Crippen LogP contribution in [0.15, 0.2) is 39.3 Å². The Bertz CT molecular complexity index is 632. The molecule has 19 heavy (non-hydrogen) atoms. The predicted molar refractivity (Wildman–Crippen MR) is 80.9 cm³/mol. The van der Waals surface area contributed by atoms with Crippen LogP contribution in [0.2, 0.25) is 5.02 Å². The van der Waals surface area contributed by atoms with E-state index in [1.165, 1.54) is 0 Å². The molecule has 0 amide bonds. The third-order valence-corrected chi connectivity index (χ3v) is 4.86. The molecule has 1 unspecified atom stereocenters. The lowest BCUT2D eigenvalue weighted by Gasteiger charge is -2.13. The van der Waals surface area contributed by atoms with E-state index in [0.717, 1.165) is 12.1 Å². The molecule has 0 bridgehead atoms. The van der Waals surface area contributed by atoms with Gasteiger partial charge in [-0.25, -0.2) is 8.78 Å². The summed E-state index contributed by atoms with van der Waals surface area (Å²) in [6.07, 6.45) is 0. The molecule has 0 saturated heterocycles. The largest absolute Gasteiger partial charge is 0.207 e. The molecule has 2 aromatic rings. The minimum absolute atomic E-state index is 0.0647. The Morgan fingerprint density at radius 2 is 1.63 bits per heavy atom. The molecule has 0 nitrogen and oxygen atoms in total. The van der Waals surface area contributed by atoms with E-state index < -0.39 is 17.0 Å². The number of hydrogen-bond donors (Lipinski definition) is 0. The van der Waals surface area contributed by atoms with E-state index in [9.17, 15) is 8.78 Å². The second-order valence-corrected chi connectivity index (χ2v) is 6.38. The maximum atomic E-state index is 13.8. The van der Waals surface area contributed by atoms with Crippen molar-refractivity contribution < 1.29 is 8.78 Å². The van der Waals surface area contributed by atoms with Crippen molar-refractivity contribution in [2.24, 2.45) is 0 Å². The van der Waals surface area contributed by atoms with Crippen LogP contribution < -0.4 is 0 Å². The number of hydrogen-bond acceptors (Lipinski definition) is 0. The highest BCUT2D eigenvalue weighted by atomic mass is 79.9. The van der Waals surface area contributed by atoms with Gasteiger partial charge in [0.1, 0.15) is 11.6 Å². The zero-order chi connectivity index (χ0) is 14.2. The summed E-state index contributed by atoms with van der Waals surface area (Å²) < 4.78 is 28.0. The summed E-state index contributed by atoms with van der Waals surface area (Å²) in [4.78, 5) is 0. The van der Waals surface area contributed by atoms with Gasteiger partial charge in [0.2, 0.25) is 0 Å². The zero-order valence-corrected chi connectivity index (χ0v) is 13.9. The number of rotatable bonds is 2. The Kier molecular flexibility index (Phi) is 4.88. The molecule has 0 spiro atoms. The molecule has 0 N–H and O–H groups in total. The first-order valence-corrected chi connectivity index (χ1v) is 7.53. The van der Waals surface area contributed by atoms with Crippen molar-refractivity contribution in [1.82, 2.24) is 0 Å². The summed E-state index contributed by atoms with van der Waals surface area (Å²) in [5.74, 6) is -1.13. The standard InChI is InChI=1S/C13H6Br2Cl2F2/c14-8-3-6(1-2-10(8)16)13(17)7-4-12(19)9(15)5-11(7)18/h1-5,13H. The van der Waals surface area contributed by atoms with Crippen LogP contribution in [0, 0.1) is 11.6 Å². The van der Waals surface area contributed by atoms with E-state index >= 15 is 0 Å². The van der Waals surface area contributed by atoms with Gasteiger partial charge in [-0.1, -0.05) is 17.7 Å². The van der Waals surface area contributed by atoms with Gasteiger partial charge in [-0.2, -0.15) is 0 Å². The topological polar surface area (TPSA) is 0 Å². The number of alkyl halides is 1. The average Bonchev–Trinajstić information content (AvgIpc) is 2.36. The molecule has 0 aliphatic carbocycles. The number of halogens is 6. The molecule has 6 heteroatoms. The second kappa shape index (κ2) is 6.08. The average molecular weight is 431 g/mol. The molecular formula is C13H6Br2Cl2F2. The van der Waals surface area contributed by atoms with Gasteiger partial charge in [0.15, 0.2) is 0 Å². The summed E-state index contributed by atoms with van der Waals surface area (Å²) in [6, 6.07) is 7.14. The SMILES string of the molecule is Fc1cc(C(Cl)c2ccc(Cl)c(Br)c2)c(F)cc1Br. The van der Waals surface area contributed by atoms with Crippen LogP contribution in [0.5, 0.6) is 0 Å². The van der Waals surface area contributed by atoms with Crippen LogP contribution in [0.3, 0.4) is 0 Å². The second-order valence-electron chi connectivity index (χ2n) is 3.82. The maximum absolute atomic E-state index is 13.8. The first-order valence-electron chi connectivity index (χ1n) is 5.13. The lowest BCUT2D eigenvalue weighted by Crippen LogP contribution is -1.99. The van der Waals surface area contributed by atoms with E-state index in [1.807, 2.05) is 0 Å². The van der Waals surface area contributed by atoms with Crippen LogP contribution in [0.4, 0.5) is 8.78 Å². The van der Waals surface area contributed by atoms with Gasteiger partial charge in [-0.3, -0.25) is 0 Å². The van der Waals surface area contributed by atoms with E-state index in [2.05, 4.69) is 31.9 Å². The van der Waals surface area contributed by atoms with Crippen molar-refractivity contribution in [3.63, 3.8) is 0 Å². The van der Waals surface area contributed by atoms with Crippen LogP contribution in [-0.4, -0.2) is 0 Å². The fourth-order valence-corrected chi connectivity index (χ4v) is 2.71. The Labute approximate surface area is 136 Å². The number of benzene rings is 2. The van der Waals surface area contributed by atoms with Gasteiger partial charge in [-0.15, -0.1) is 11.6 Å². The Morgan fingerprint density at radius 1 is 0.947 bits per heavy atom. The third-order valence-electron chi connectivity index (χ3n) is 2.55. The van der Waals surface area contributed by atoms with Crippen molar-refractivity contribution in [1.29, 1.82) is 0 Å². The van der Waals surface area contributed by atoms with Crippen molar-refractivity contribution in [2.45, 2.75) is 5.38 Å². The van der Waals surface area contributed by atoms with Crippen molar-refractivity contribution in [3.05, 3.63) is 67.1 Å². The van der Waals surface area contributed by atoms with Gasteiger partial charge in [0.25, 0.3) is 0 Å². The molecule has 2 aromatic carbocycles. The van der Waals surface area contributed by atoms with Crippen molar-refractivity contribution >= 4 is 55.1 Å². The zero-order valence-electron chi connectivity index (χ0n) is 9.23. The molecule has 0 fully saturated rings. The van der Waals surface area contributed by atoms with Crippen molar-refractivity contribution in [2.75, 3.05) is 0 Å². The highest BCUT2D eigenvalue weighted by Crippen LogP contribution is 2.35. The maximum Gasteiger partial charge on any atom is 0.137 e. The Hall–Kier alpha value is -0.160. The van der Waals surface area contributed by atoms with Gasteiger partial charge in [-0.05, 0) is 61.7 Å². The molecule has 100 valence electrons. The molecule has 1 atom stereocenters. The van der Waals surface area contributed by atoms with E-state index in [1.54, 1.807) is 18.2 Å². The molecule has 0 saturated carbocycles. The van der Waals surface area contributed by atoms with E-state index in [0.29, 0.717) is 15.1 Å². The molecule has 0 aliphatic rings. The summed E-state index contributed by atoms with van der Waals surface area (Å²) in [7, 11) is 0. The van der Waals surface area contributed by atoms with Gasteiger partial charge < -0.3 is 0 Å². The first kappa shape index (κ1) is 15.2. The molecular weight excluding hydrogens is 425 g/mol. The minimum atomic E-state index is -0.795. The Balaban J connectivity index is 2.46. The smallest absolute Gasteiger partial charge is 0.137 e. The third kappa shape index (κ3) is 3.30. The molecule has 0 aromatic heterocycles. The molecule has 0 radical (unpaired) electrons. The van der Waals surface area contributed by atoms with Crippen LogP contribution in [0.1, 0.15) is 16.5 Å². The molecule has 0 heterocycles. The minimum Gasteiger partial charge on any atom is -0.207 e. The van der Waals surface area contributed by atoms with E-state index in [-0.39, 0.29) is 10.0 Å². The normalized spacial score (nSPS) is 12.5. The van der Waals surface area contributed by atoms with Gasteiger partial charge in [0.05, 0.1) is 14.9 Å². The molecule has 2 rings (SSSR count). The quantitative estimate of drug-likeness (QED) is 0.378. The lowest BCUT2D eigenvalue weighted by molar-refractivity contribution is 0.582. The summed E-state index contributed by atoms with van der Waals surface area (Å²) in [5.41, 5.74) is 0.704. The first-order chi connectivity index (χ1) is 8.90. The van der Waals surface area contributed by atoms with E-state index in [4.69, 9.17) is 23.2 Å². The van der Waals surface area contributed by atoms with Crippen LogP contribution >= 0.6 is 55.1 Å². The lowest BCUT2D eigenvalue weighted by atomic mass is 10.0. The predicted octanol–water partition coefficient (Wildman–Crippen LogP) is 6.47. The summed E-state index contributed by atoms with van der Waals surface area (Å²) in [6.45, 7) is 0. The highest BCUT2D eigenvalue weighted by Gasteiger charge is 2.18. The summed E-state index contributed by atoms with van der Waals surface area (Å²) >= 11 is 18.3. The molecule has 0 aliphatic heterocycles. The van der Waals surface area contributed by atoms with Crippen molar-refractivity contribution in [3.8, 4) is 0 Å². The van der Waals surface area contributed by atoms with Crippen LogP contribution in [-0.2, 0) is 0 Å². The fraction of sp³-hybridized carbons (Fsp3) is 0.0769. The highest BCUT2D eigenvalue weighted by molar-refractivity contribution is 9.10. The van der Waals surface area contributed by atoms with Gasteiger partial charge >= 0.3 is 0 Å². The van der Waals surface area contributed by atoms with Gasteiger partial charge in [0, 0.05) is 10.0 Å². The summed E-state index contributed by atoms with van der Waals surface area (Å²) in [5, 5.41) is -0.272. The fourth-order valence-electron chi connectivity index (χ4n) is 1.58. The monoisotopic (exact) mass is 428 g/mol. The Morgan fingerprint density at radius 3 is 2.26 bits per heavy atom. The van der Waals surface area contributed by atoms with Crippen LogP contribution in [0.25, 0.3) is 0 Å².